The van der Waals surface area contributed by atoms with Gasteiger partial charge in [-0.3, -0.25) is 10.1 Å². The molecule has 0 amide bonds. The summed E-state index contributed by atoms with van der Waals surface area (Å²) in [5.41, 5.74) is 5.99. The number of hydrogen-bond acceptors (Lipinski definition) is 4. The van der Waals surface area contributed by atoms with Crippen LogP contribution in [-0.4, -0.2) is 24.1 Å². The number of hydrogen-bond donors (Lipinski definition) is 1. The predicted molar refractivity (Wildman–Crippen MR) is 71.6 cm³/mol. The second-order valence-electron chi connectivity index (χ2n) is 5.07. The van der Waals surface area contributed by atoms with Crippen LogP contribution in [0, 0.1) is 21.8 Å². The number of nitrogens with two attached hydrogens (primary N) is 1. The highest BCUT2D eigenvalue weighted by atomic mass is 19.1. The molecular formula is C13H18FN3O2. The molecular weight excluding hydrogens is 249 g/mol. The third-order valence-electron chi connectivity index (χ3n) is 3.76. The first-order chi connectivity index (χ1) is 9.02. The molecule has 0 aliphatic carbocycles. The van der Waals surface area contributed by atoms with E-state index < -0.39 is 10.7 Å². The Labute approximate surface area is 111 Å². The van der Waals surface area contributed by atoms with Crippen LogP contribution in [0.3, 0.4) is 0 Å². The summed E-state index contributed by atoms with van der Waals surface area (Å²) in [5, 5.41) is 11.1. The zero-order valence-electron chi connectivity index (χ0n) is 10.9. The van der Waals surface area contributed by atoms with Crippen molar-refractivity contribution in [2.75, 3.05) is 18.0 Å². The fourth-order valence-corrected chi connectivity index (χ4v) is 2.59. The lowest BCUT2D eigenvalue weighted by Gasteiger charge is -2.39. The smallest absolute Gasteiger partial charge is 0.292 e. The molecule has 1 aliphatic heterocycles. The summed E-state index contributed by atoms with van der Waals surface area (Å²) in [7, 11) is 0. The first-order valence-corrected chi connectivity index (χ1v) is 6.43. The average Bonchev–Trinajstić information content (AvgIpc) is 2.38. The first-order valence-electron chi connectivity index (χ1n) is 6.43. The maximum atomic E-state index is 13.4. The van der Waals surface area contributed by atoms with Gasteiger partial charge in [-0.2, -0.15) is 0 Å². The summed E-state index contributed by atoms with van der Waals surface area (Å²) in [4.78, 5) is 12.5. The van der Waals surface area contributed by atoms with E-state index in [-0.39, 0.29) is 11.7 Å². The van der Waals surface area contributed by atoms with E-state index in [2.05, 4.69) is 0 Å². The number of nitro benzene ring substituents is 1. The maximum Gasteiger partial charge on any atom is 0.292 e. The number of piperidine rings is 1. The van der Waals surface area contributed by atoms with Crippen molar-refractivity contribution >= 4 is 11.4 Å². The molecule has 1 heterocycles. The lowest BCUT2D eigenvalue weighted by Crippen LogP contribution is -2.44. The lowest BCUT2D eigenvalue weighted by atomic mass is 9.93. The van der Waals surface area contributed by atoms with Crippen molar-refractivity contribution in [1.82, 2.24) is 0 Å². The van der Waals surface area contributed by atoms with Gasteiger partial charge in [-0.25, -0.2) is 4.39 Å². The Hall–Kier alpha value is -1.69. The van der Waals surface area contributed by atoms with Gasteiger partial charge in [0.1, 0.15) is 11.5 Å². The van der Waals surface area contributed by atoms with Gasteiger partial charge in [0, 0.05) is 24.7 Å². The van der Waals surface area contributed by atoms with Gasteiger partial charge in [0.2, 0.25) is 0 Å². The summed E-state index contributed by atoms with van der Waals surface area (Å²) in [5.74, 6) is -0.151. The predicted octanol–water partition coefficient (Wildman–Crippen LogP) is 2.30. The highest BCUT2D eigenvalue weighted by Gasteiger charge is 2.29. The lowest BCUT2D eigenvalue weighted by molar-refractivity contribution is -0.384. The van der Waals surface area contributed by atoms with Crippen LogP contribution in [0.2, 0.25) is 0 Å². The van der Waals surface area contributed by atoms with Crippen molar-refractivity contribution in [2.45, 2.75) is 25.8 Å². The second kappa shape index (κ2) is 5.52. The van der Waals surface area contributed by atoms with E-state index in [9.17, 15) is 14.5 Å². The Bertz CT molecular complexity index is 481. The molecule has 0 saturated carbocycles. The molecule has 6 heteroatoms. The van der Waals surface area contributed by atoms with Crippen molar-refractivity contribution in [3.8, 4) is 0 Å². The summed E-state index contributed by atoms with van der Waals surface area (Å²) in [6.07, 6.45) is 1.92. The van der Waals surface area contributed by atoms with Crippen LogP contribution in [0.4, 0.5) is 15.8 Å². The van der Waals surface area contributed by atoms with Crippen molar-refractivity contribution in [2.24, 2.45) is 11.7 Å². The number of anilines is 1. The van der Waals surface area contributed by atoms with Gasteiger partial charge in [-0.15, -0.1) is 0 Å². The van der Waals surface area contributed by atoms with Gasteiger partial charge in [-0.05, 0) is 38.3 Å². The number of nitro groups is 1. The van der Waals surface area contributed by atoms with Crippen LogP contribution in [0.1, 0.15) is 19.8 Å². The molecule has 1 aromatic carbocycles. The number of benzene rings is 1. The summed E-state index contributed by atoms with van der Waals surface area (Å²) >= 11 is 0. The van der Waals surface area contributed by atoms with E-state index in [0.29, 0.717) is 24.7 Å². The Kier molecular flexibility index (Phi) is 3.99. The molecule has 19 heavy (non-hydrogen) atoms. The van der Waals surface area contributed by atoms with Gasteiger partial charge in [0.15, 0.2) is 0 Å². The molecule has 2 rings (SSSR count). The Morgan fingerprint density at radius 2 is 2.26 bits per heavy atom. The summed E-state index contributed by atoms with van der Waals surface area (Å²) < 4.78 is 13.4. The molecule has 2 N–H and O–H groups in total. The van der Waals surface area contributed by atoms with E-state index >= 15 is 0 Å². The molecule has 5 nitrogen and oxygen atoms in total. The number of nitrogens with zero attached hydrogens (tertiary/aromatic N) is 2. The highest BCUT2D eigenvalue weighted by Crippen LogP contribution is 2.34. The van der Waals surface area contributed by atoms with Gasteiger partial charge in [0.25, 0.3) is 5.69 Å². The Morgan fingerprint density at radius 1 is 1.53 bits per heavy atom. The third kappa shape index (κ3) is 2.84. The van der Waals surface area contributed by atoms with E-state index in [0.717, 1.165) is 18.9 Å². The number of rotatable bonds is 3. The zero-order chi connectivity index (χ0) is 14.0. The molecule has 1 aromatic rings. The highest BCUT2D eigenvalue weighted by molar-refractivity contribution is 5.64. The molecule has 0 bridgehead atoms. The summed E-state index contributed by atoms with van der Waals surface area (Å²) in [6.45, 7) is 3.19. The van der Waals surface area contributed by atoms with Crippen molar-refractivity contribution in [3.05, 3.63) is 34.1 Å². The monoisotopic (exact) mass is 267 g/mol. The van der Waals surface area contributed by atoms with Gasteiger partial charge >= 0.3 is 0 Å². The molecule has 104 valence electrons. The average molecular weight is 267 g/mol. The first kappa shape index (κ1) is 13.7. The van der Waals surface area contributed by atoms with Crippen LogP contribution in [0.15, 0.2) is 18.2 Å². The minimum absolute atomic E-state index is 0.0501. The minimum Gasteiger partial charge on any atom is -0.363 e. The van der Waals surface area contributed by atoms with Gasteiger partial charge < -0.3 is 10.6 Å². The Morgan fingerprint density at radius 3 is 2.89 bits per heavy atom. The van der Waals surface area contributed by atoms with Crippen LogP contribution < -0.4 is 10.6 Å². The standard InChI is InChI=1S/C13H18FN3O2/c1-9-2-3-10(7-15)8-16(9)13-6-11(14)4-5-12(13)17(18)19/h4-6,9-10H,2-3,7-8,15H2,1H3. The molecule has 0 aromatic heterocycles. The molecule has 0 radical (unpaired) electrons. The normalized spacial score (nSPS) is 23.4. The minimum atomic E-state index is -0.465. The van der Waals surface area contributed by atoms with Crippen molar-refractivity contribution in [3.63, 3.8) is 0 Å². The van der Waals surface area contributed by atoms with Gasteiger partial charge in [-0.1, -0.05) is 0 Å². The molecule has 2 atom stereocenters. The summed E-state index contributed by atoms with van der Waals surface area (Å²) in [6, 6.07) is 3.75. The zero-order valence-corrected chi connectivity index (χ0v) is 10.9. The van der Waals surface area contributed by atoms with Crippen LogP contribution in [-0.2, 0) is 0 Å². The van der Waals surface area contributed by atoms with E-state index in [4.69, 9.17) is 5.73 Å². The van der Waals surface area contributed by atoms with Gasteiger partial charge in [0.05, 0.1) is 4.92 Å². The van der Waals surface area contributed by atoms with Crippen LogP contribution in [0.25, 0.3) is 0 Å². The molecule has 1 saturated heterocycles. The molecule has 1 fully saturated rings. The molecule has 1 aliphatic rings. The maximum absolute atomic E-state index is 13.4. The second-order valence-corrected chi connectivity index (χ2v) is 5.07. The van der Waals surface area contributed by atoms with Crippen LogP contribution >= 0.6 is 0 Å². The van der Waals surface area contributed by atoms with E-state index in [1.807, 2.05) is 11.8 Å². The topological polar surface area (TPSA) is 72.4 Å². The molecule has 0 spiro atoms. The van der Waals surface area contributed by atoms with Crippen molar-refractivity contribution in [1.29, 1.82) is 0 Å². The van der Waals surface area contributed by atoms with E-state index in [1.54, 1.807) is 0 Å². The molecule has 2 unspecified atom stereocenters. The third-order valence-corrected chi connectivity index (χ3v) is 3.76. The number of halogens is 1. The fraction of sp³-hybridized carbons (Fsp3) is 0.538. The van der Waals surface area contributed by atoms with E-state index in [1.165, 1.54) is 12.1 Å². The van der Waals surface area contributed by atoms with Crippen LogP contribution in [0.5, 0.6) is 0 Å². The van der Waals surface area contributed by atoms with Crippen molar-refractivity contribution < 1.29 is 9.31 Å². The SMILES string of the molecule is CC1CCC(CN)CN1c1cc(F)ccc1[N+](=O)[O-]. The Balaban J connectivity index is 2.38. The fourth-order valence-electron chi connectivity index (χ4n) is 2.59. The quantitative estimate of drug-likeness (QED) is 0.673. The largest absolute Gasteiger partial charge is 0.363 e.